The van der Waals surface area contributed by atoms with E-state index in [1.54, 1.807) is 0 Å². The molecular formula is C14H27N3O3. The fraction of sp³-hybridized carbons (Fsp3) is 0.857. The first-order chi connectivity index (χ1) is 9.52. The molecule has 20 heavy (non-hydrogen) atoms. The van der Waals surface area contributed by atoms with E-state index < -0.39 is 6.04 Å². The van der Waals surface area contributed by atoms with Crippen molar-refractivity contribution in [3.05, 3.63) is 0 Å². The zero-order valence-corrected chi connectivity index (χ0v) is 12.8. The van der Waals surface area contributed by atoms with Gasteiger partial charge in [0, 0.05) is 13.1 Å². The lowest BCUT2D eigenvalue weighted by atomic mass is 10.0. The summed E-state index contributed by atoms with van der Waals surface area (Å²) in [5.41, 5.74) is 0. The number of rotatable bonds is 6. The van der Waals surface area contributed by atoms with Crippen LogP contribution in [0.3, 0.4) is 0 Å². The molecule has 0 radical (unpaired) electrons. The second-order valence-corrected chi connectivity index (χ2v) is 5.65. The highest BCUT2D eigenvalue weighted by Crippen LogP contribution is 2.06. The molecule has 0 saturated carbocycles. The van der Waals surface area contributed by atoms with Crippen LogP contribution in [0, 0.1) is 5.92 Å². The number of nitrogens with one attached hydrogen (secondary N) is 2. The summed E-state index contributed by atoms with van der Waals surface area (Å²) in [5.74, 6) is -0.158. The van der Waals surface area contributed by atoms with Gasteiger partial charge < -0.3 is 15.4 Å². The first-order valence-electron chi connectivity index (χ1n) is 7.33. The molecule has 116 valence electrons. The van der Waals surface area contributed by atoms with E-state index in [0.717, 1.165) is 32.6 Å². The largest absolute Gasteiger partial charge is 0.467 e. The lowest BCUT2D eigenvalue weighted by molar-refractivity contribution is -0.145. The van der Waals surface area contributed by atoms with E-state index in [4.69, 9.17) is 4.74 Å². The van der Waals surface area contributed by atoms with Crippen LogP contribution < -0.4 is 10.6 Å². The molecule has 1 aliphatic heterocycles. The fourth-order valence-electron chi connectivity index (χ4n) is 2.33. The van der Waals surface area contributed by atoms with Crippen LogP contribution in [-0.2, 0) is 14.3 Å². The molecule has 0 aromatic heterocycles. The average Bonchev–Trinajstić information content (AvgIpc) is 2.65. The quantitative estimate of drug-likeness (QED) is 0.672. The number of hydrogen-bond acceptors (Lipinski definition) is 5. The van der Waals surface area contributed by atoms with Crippen LogP contribution in [0.25, 0.3) is 0 Å². The van der Waals surface area contributed by atoms with Crippen molar-refractivity contribution in [3.8, 4) is 0 Å². The van der Waals surface area contributed by atoms with E-state index in [1.165, 1.54) is 7.11 Å². The molecule has 0 aromatic carbocycles. The highest BCUT2D eigenvalue weighted by atomic mass is 16.5. The molecule has 1 unspecified atom stereocenters. The van der Waals surface area contributed by atoms with Gasteiger partial charge in [0.05, 0.1) is 13.7 Å². The molecule has 6 nitrogen and oxygen atoms in total. The van der Waals surface area contributed by atoms with Gasteiger partial charge >= 0.3 is 5.97 Å². The lowest BCUT2D eigenvalue weighted by Gasteiger charge is -2.22. The molecule has 1 atom stereocenters. The Morgan fingerprint density at radius 3 is 2.70 bits per heavy atom. The number of ether oxygens (including phenoxy) is 1. The van der Waals surface area contributed by atoms with Crippen LogP contribution in [0.4, 0.5) is 0 Å². The Labute approximate surface area is 121 Å². The van der Waals surface area contributed by atoms with Crippen LogP contribution in [0.2, 0.25) is 0 Å². The van der Waals surface area contributed by atoms with Crippen molar-refractivity contribution in [1.29, 1.82) is 0 Å². The summed E-state index contributed by atoms with van der Waals surface area (Å²) in [6.07, 6.45) is 1.64. The van der Waals surface area contributed by atoms with Crippen LogP contribution in [0.15, 0.2) is 0 Å². The molecule has 6 heteroatoms. The van der Waals surface area contributed by atoms with Crippen LogP contribution in [0.5, 0.6) is 0 Å². The van der Waals surface area contributed by atoms with Gasteiger partial charge in [-0.25, -0.2) is 4.79 Å². The van der Waals surface area contributed by atoms with Crippen molar-refractivity contribution in [2.45, 2.75) is 32.7 Å². The number of methoxy groups -OCH3 is 1. The predicted molar refractivity (Wildman–Crippen MR) is 77.3 cm³/mol. The SMILES string of the molecule is COC(=O)C(CC(C)C)NC(=O)CN1CCCNCC1. The van der Waals surface area contributed by atoms with Crippen molar-refractivity contribution >= 4 is 11.9 Å². The Hall–Kier alpha value is -1.14. The molecule has 1 heterocycles. The van der Waals surface area contributed by atoms with E-state index in [0.29, 0.717) is 18.9 Å². The van der Waals surface area contributed by atoms with Gasteiger partial charge in [0.2, 0.25) is 5.91 Å². The summed E-state index contributed by atoms with van der Waals surface area (Å²) in [4.78, 5) is 25.8. The molecule has 1 fully saturated rings. The van der Waals surface area contributed by atoms with Crippen molar-refractivity contribution in [2.24, 2.45) is 5.92 Å². The van der Waals surface area contributed by atoms with Crippen molar-refractivity contribution in [2.75, 3.05) is 39.8 Å². The van der Waals surface area contributed by atoms with Gasteiger partial charge in [0.1, 0.15) is 6.04 Å². The zero-order valence-electron chi connectivity index (χ0n) is 12.8. The molecule has 0 bridgehead atoms. The molecule has 0 spiro atoms. The molecule has 0 aliphatic carbocycles. The molecule has 1 rings (SSSR count). The van der Waals surface area contributed by atoms with E-state index in [2.05, 4.69) is 15.5 Å². The topological polar surface area (TPSA) is 70.7 Å². The minimum atomic E-state index is -0.544. The van der Waals surface area contributed by atoms with Crippen molar-refractivity contribution in [1.82, 2.24) is 15.5 Å². The Morgan fingerprint density at radius 1 is 1.30 bits per heavy atom. The highest BCUT2D eigenvalue weighted by molar-refractivity contribution is 5.85. The van der Waals surface area contributed by atoms with Crippen LogP contribution in [-0.4, -0.2) is 62.7 Å². The maximum atomic E-state index is 12.1. The summed E-state index contributed by atoms with van der Waals surface area (Å²) >= 11 is 0. The van der Waals surface area contributed by atoms with Gasteiger partial charge in [-0.1, -0.05) is 13.8 Å². The maximum Gasteiger partial charge on any atom is 0.328 e. The molecule has 2 N–H and O–H groups in total. The molecular weight excluding hydrogens is 258 g/mol. The van der Waals surface area contributed by atoms with Gasteiger partial charge in [-0.2, -0.15) is 0 Å². The number of carbonyl (C=O) groups is 2. The summed E-state index contributed by atoms with van der Waals surface area (Å²) in [7, 11) is 1.35. The Kier molecular flexibility index (Phi) is 7.54. The van der Waals surface area contributed by atoms with Gasteiger partial charge in [-0.3, -0.25) is 9.69 Å². The normalized spacial score (nSPS) is 18.4. The number of esters is 1. The van der Waals surface area contributed by atoms with Crippen molar-refractivity contribution < 1.29 is 14.3 Å². The zero-order chi connectivity index (χ0) is 15.0. The average molecular weight is 285 g/mol. The van der Waals surface area contributed by atoms with Gasteiger partial charge in [-0.05, 0) is 31.8 Å². The van der Waals surface area contributed by atoms with Gasteiger partial charge in [-0.15, -0.1) is 0 Å². The van der Waals surface area contributed by atoms with Crippen molar-refractivity contribution in [3.63, 3.8) is 0 Å². The summed E-state index contributed by atoms with van der Waals surface area (Å²) in [5, 5.41) is 6.09. The number of nitrogens with zero attached hydrogens (tertiary/aromatic N) is 1. The Balaban J connectivity index is 2.45. The van der Waals surface area contributed by atoms with Crippen LogP contribution >= 0.6 is 0 Å². The standard InChI is InChI=1S/C14H27N3O3/c1-11(2)9-12(14(19)20-3)16-13(18)10-17-7-4-5-15-6-8-17/h11-12,15H,4-10H2,1-3H3,(H,16,18). The maximum absolute atomic E-state index is 12.1. The minimum Gasteiger partial charge on any atom is -0.467 e. The number of carbonyl (C=O) groups excluding carboxylic acids is 2. The number of hydrogen-bond donors (Lipinski definition) is 2. The Morgan fingerprint density at radius 2 is 2.05 bits per heavy atom. The number of amides is 1. The third-order valence-corrected chi connectivity index (χ3v) is 3.33. The molecule has 0 aromatic rings. The fourth-order valence-corrected chi connectivity index (χ4v) is 2.33. The minimum absolute atomic E-state index is 0.108. The first-order valence-corrected chi connectivity index (χ1v) is 7.33. The van der Waals surface area contributed by atoms with E-state index >= 15 is 0 Å². The predicted octanol–water partition coefficient (Wildman–Crippen LogP) is -0.0144. The second kappa shape index (κ2) is 8.92. The Bertz CT molecular complexity index is 313. The molecule has 1 amide bonds. The highest BCUT2D eigenvalue weighted by Gasteiger charge is 2.23. The summed E-state index contributed by atoms with van der Waals surface area (Å²) in [6, 6.07) is -0.544. The monoisotopic (exact) mass is 285 g/mol. The van der Waals surface area contributed by atoms with E-state index in [-0.39, 0.29) is 11.9 Å². The lowest BCUT2D eigenvalue weighted by Crippen LogP contribution is -2.47. The molecule has 1 saturated heterocycles. The third kappa shape index (κ3) is 6.34. The second-order valence-electron chi connectivity index (χ2n) is 5.65. The summed E-state index contributed by atoms with van der Waals surface area (Å²) < 4.78 is 4.75. The molecule has 1 aliphatic rings. The third-order valence-electron chi connectivity index (χ3n) is 3.33. The van der Waals surface area contributed by atoms with Gasteiger partial charge in [0.25, 0.3) is 0 Å². The summed E-state index contributed by atoms with van der Waals surface area (Å²) in [6.45, 7) is 8.04. The first kappa shape index (κ1) is 16.9. The van der Waals surface area contributed by atoms with Gasteiger partial charge in [0.15, 0.2) is 0 Å². The smallest absolute Gasteiger partial charge is 0.328 e. The van der Waals surface area contributed by atoms with Crippen LogP contribution in [0.1, 0.15) is 26.7 Å². The van der Waals surface area contributed by atoms with E-state index in [1.807, 2.05) is 13.8 Å². The van der Waals surface area contributed by atoms with E-state index in [9.17, 15) is 9.59 Å².